The number of hydrogen-bond acceptors (Lipinski definition) is 5. The van der Waals surface area contributed by atoms with Crippen molar-refractivity contribution in [3.63, 3.8) is 0 Å². The Morgan fingerprint density at radius 3 is 2.47 bits per heavy atom. The van der Waals surface area contributed by atoms with Crippen molar-refractivity contribution >= 4 is 5.97 Å². The molecule has 1 aromatic carbocycles. The van der Waals surface area contributed by atoms with E-state index in [1.807, 2.05) is 0 Å². The van der Waals surface area contributed by atoms with Gasteiger partial charge < -0.3 is 10.0 Å². The Labute approximate surface area is 224 Å². The van der Waals surface area contributed by atoms with Crippen LogP contribution in [0.3, 0.4) is 0 Å². The first-order valence-corrected chi connectivity index (χ1v) is 14.2. The number of carbonyl (C=O) groups is 1. The van der Waals surface area contributed by atoms with Crippen molar-refractivity contribution in [1.82, 2.24) is 19.8 Å². The first kappa shape index (κ1) is 27.1. The van der Waals surface area contributed by atoms with Crippen LogP contribution in [0.15, 0.2) is 42.7 Å². The topological polar surface area (TPSA) is 69.6 Å². The SMILES string of the molecule is Cc1cccc([C@H]2CN([C@H](CC3CC3)C(=O)O)C[C@@H]2CN2CCC(CCC(F)(F)c3ncccn3)CC2)c1. The number of carboxylic acid groups (broad SMARTS) is 1. The Balaban J connectivity index is 1.18. The summed E-state index contributed by atoms with van der Waals surface area (Å²) in [4.78, 5) is 24.4. The third kappa shape index (κ3) is 6.75. The molecule has 0 unspecified atom stereocenters. The summed E-state index contributed by atoms with van der Waals surface area (Å²) in [5.41, 5.74) is 2.53. The molecule has 3 aliphatic rings. The van der Waals surface area contributed by atoms with Gasteiger partial charge in [-0.25, -0.2) is 9.97 Å². The van der Waals surface area contributed by atoms with E-state index in [-0.39, 0.29) is 18.2 Å². The molecule has 38 heavy (non-hydrogen) atoms. The second-order valence-electron chi connectivity index (χ2n) is 11.8. The molecule has 3 fully saturated rings. The Bertz CT molecular complexity index is 1070. The van der Waals surface area contributed by atoms with Gasteiger partial charge in [-0.2, -0.15) is 8.78 Å². The Morgan fingerprint density at radius 2 is 1.82 bits per heavy atom. The maximum atomic E-state index is 14.6. The van der Waals surface area contributed by atoms with Gasteiger partial charge in [-0.05, 0) is 75.1 Å². The molecule has 0 bridgehead atoms. The van der Waals surface area contributed by atoms with Crippen molar-refractivity contribution in [3.05, 3.63) is 59.7 Å². The van der Waals surface area contributed by atoms with Crippen LogP contribution >= 0.6 is 0 Å². The van der Waals surface area contributed by atoms with E-state index in [1.165, 1.54) is 23.5 Å². The van der Waals surface area contributed by atoms with Gasteiger partial charge in [0.2, 0.25) is 0 Å². The van der Waals surface area contributed by atoms with Crippen molar-refractivity contribution in [3.8, 4) is 0 Å². The summed E-state index contributed by atoms with van der Waals surface area (Å²) < 4.78 is 29.1. The second kappa shape index (κ2) is 11.7. The predicted octanol–water partition coefficient (Wildman–Crippen LogP) is 5.34. The van der Waals surface area contributed by atoms with Crippen molar-refractivity contribution in [2.24, 2.45) is 17.8 Å². The number of piperidine rings is 1. The normalized spacial score (nSPS) is 24.5. The van der Waals surface area contributed by atoms with Crippen LogP contribution in [0.5, 0.6) is 0 Å². The van der Waals surface area contributed by atoms with Gasteiger partial charge in [-0.1, -0.05) is 42.7 Å². The number of nitrogens with zero attached hydrogens (tertiary/aromatic N) is 4. The summed E-state index contributed by atoms with van der Waals surface area (Å²) >= 11 is 0. The molecule has 0 radical (unpaired) electrons. The summed E-state index contributed by atoms with van der Waals surface area (Å²) in [6, 6.07) is 9.80. The first-order chi connectivity index (χ1) is 18.3. The van der Waals surface area contributed by atoms with Gasteiger partial charge in [0.15, 0.2) is 5.82 Å². The fourth-order valence-corrected chi connectivity index (χ4v) is 6.47. The first-order valence-electron chi connectivity index (χ1n) is 14.2. The number of carboxylic acids is 1. The number of rotatable bonds is 11. The fourth-order valence-electron chi connectivity index (χ4n) is 6.47. The van der Waals surface area contributed by atoms with Crippen LogP contribution in [-0.4, -0.2) is 69.6 Å². The second-order valence-corrected chi connectivity index (χ2v) is 11.8. The van der Waals surface area contributed by atoms with E-state index in [0.29, 0.717) is 24.2 Å². The third-order valence-electron chi connectivity index (χ3n) is 8.88. The van der Waals surface area contributed by atoms with E-state index in [9.17, 15) is 18.7 Å². The molecule has 1 aliphatic carbocycles. The molecular formula is C30H40F2N4O2. The molecule has 3 atom stereocenters. The highest BCUT2D eigenvalue weighted by atomic mass is 19.3. The van der Waals surface area contributed by atoms with Gasteiger partial charge in [-0.3, -0.25) is 9.69 Å². The van der Waals surface area contributed by atoms with Crippen molar-refractivity contribution in [2.45, 2.75) is 69.8 Å². The maximum Gasteiger partial charge on any atom is 0.320 e. The van der Waals surface area contributed by atoms with Gasteiger partial charge in [0, 0.05) is 44.4 Å². The molecule has 3 heterocycles. The van der Waals surface area contributed by atoms with Gasteiger partial charge in [0.25, 0.3) is 0 Å². The number of aromatic nitrogens is 2. The van der Waals surface area contributed by atoms with Crippen LogP contribution in [0, 0.1) is 24.7 Å². The lowest BCUT2D eigenvalue weighted by Crippen LogP contribution is -2.42. The summed E-state index contributed by atoms with van der Waals surface area (Å²) in [5.74, 6) is -2.57. The van der Waals surface area contributed by atoms with Gasteiger partial charge >= 0.3 is 11.9 Å². The minimum atomic E-state index is -2.99. The maximum absolute atomic E-state index is 14.6. The largest absolute Gasteiger partial charge is 0.480 e. The molecule has 206 valence electrons. The zero-order valence-corrected chi connectivity index (χ0v) is 22.3. The standard InChI is InChI=1S/C30H40F2N4O2/c1-21-4-2-5-24(16-21)26-20-36(27(28(37)38)17-23-6-7-23)19-25(26)18-35-14-9-22(10-15-35)8-11-30(31,32)29-33-12-3-13-34-29/h2-5,12-13,16,22-23,25-27H,6-11,14-15,17-20H2,1H3,(H,37,38)/t25-,26+,27+/m0/s1. The molecular weight excluding hydrogens is 486 g/mol. The molecule has 1 N–H and O–H groups in total. The number of aryl methyl sites for hydroxylation is 1. The van der Waals surface area contributed by atoms with Crippen LogP contribution < -0.4 is 0 Å². The monoisotopic (exact) mass is 526 g/mol. The molecule has 0 amide bonds. The Kier molecular flexibility index (Phi) is 8.38. The zero-order chi connectivity index (χ0) is 26.7. The van der Waals surface area contributed by atoms with Crippen LogP contribution in [0.2, 0.25) is 0 Å². The predicted molar refractivity (Wildman–Crippen MR) is 142 cm³/mol. The third-order valence-corrected chi connectivity index (χ3v) is 8.88. The lowest BCUT2D eigenvalue weighted by Gasteiger charge is -2.35. The van der Waals surface area contributed by atoms with Crippen molar-refractivity contribution < 1.29 is 18.7 Å². The number of hydrogen-bond donors (Lipinski definition) is 1. The van der Waals surface area contributed by atoms with Gasteiger partial charge in [0.1, 0.15) is 6.04 Å². The van der Waals surface area contributed by atoms with Crippen LogP contribution in [0.4, 0.5) is 8.78 Å². The summed E-state index contributed by atoms with van der Waals surface area (Å²) in [6.07, 6.45) is 7.89. The van der Waals surface area contributed by atoms with Gasteiger partial charge in [0.05, 0.1) is 0 Å². The number of benzene rings is 1. The highest BCUT2D eigenvalue weighted by molar-refractivity contribution is 5.73. The van der Waals surface area contributed by atoms with Crippen LogP contribution in [0.25, 0.3) is 0 Å². The molecule has 0 spiro atoms. The van der Waals surface area contributed by atoms with E-state index in [1.54, 1.807) is 6.07 Å². The van der Waals surface area contributed by atoms with E-state index >= 15 is 0 Å². The summed E-state index contributed by atoms with van der Waals surface area (Å²) in [7, 11) is 0. The number of aliphatic carboxylic acids is 1. The molecule has 8 heteroatoms. The zero-order valence-electron chi connectivity index (χ0n) is 22.3. The van der Waals surface area contributed by atoms with E-state index in [4.69, 9.17) is 0 Å². The average Bonchev–Trinajstić information content (AvgIpc) is 3.65. The van der Waals surface area contributed by atoms with E-state index < -0.39 is 17.9 Å². The number of halogens is 2. The van der Waals surface area contributed by atoms with Crippen molar-refractivity contribution in [1.29, 1.82) is 0 Å². The molecule has 2 saturated heterocycles. The highest BCUT2D eigenvalue weighted by Crippen LogP contribution is 2.40. The van der Waals surface area contributed by atoms with Gasteiger partial charge in [-0.15, -0.1) is 0 Å². The van der Waals surface area contributed by atoms with E-state index in [0.717, 1.165) is 64.8 Å². The van der Waals surface area contributed by atoms with Crippen molar-refractivity contribution in [2.75, 3.05) is 32.7 Å². The highest BCUT2D eigenvalue weighted by Gasteiger charge is 2.42. The Hall–Kier alpha value is -2.45. The van der Waals surface area contributed by atoms with Crippen LogP contribution in [0.1, 0.15) is 67.8 Å². The minimum absolute atomic E-state index is 0.216. The smallest absolute Gasteiger partial charge is 0.320 e. The minimum Gasteiger partial charge on any atom is -0.480 e. The van der Waals surface area contributed by atoms with E-state index in [2.05, 4.69) is 51.0 Å². The fraction of sp³-hybridized carbons (Fsp3) is 0.633. The number of alkyl halides is 2. The lowest BCUT2D eigenvalue weighted by atomic mass is 9.86. The molecule has 1 saturated carbocycles. The molecule has 1 aromatic heterocycles. The Morgan fingerprint density at radius 1 is 1.08 bits per heavy atom. The molecule has 2 aliphatic heterocycles. The lowest BCUT2D eigenvalue weighted by molar-refractivity contribution is -0.143. The number of likely N-dealkylation sites (tertiary alicyclic amines) is 2. The average molecular weight is 527 g/mol. The quantitative estimate of drug-likeness (QED) is 0.426. The summed E-state index contributed by atoms with van der Waals surface area (Å²) in [5, 5.41) is 10.0. The molecule has 5 rings (SSSR count). The summed E-state index contributed by atoms with van der Waals surface area (Å²) in [6.45, 7) is 6.41. The molecule has 6 nitrogen and oxygen atoms in total. The molecule has 2 aromatic rings. The van der Waals surface area contributed by atoms with Crippen LogP contribution in [-0.2, 0) is 10.7 Å².